The van der Waals surface area contributed by atoms with Gasteiger partial charge in [0.15, 0.2) is 6.71 Å². The Morgan fingerprint density at radius 2 is 1.73 bits per heavy atom. The molecule has 1 saturated carbocycles. The largest absolute Gasteiger partial charge is 0.346 e. The van der Waals surface area contributed by atoms with Crippen LogP contribution in [0.15, 0.2) is 64.9 Å². The van der Waals surface area contributed by atoms with Crippen molar-refractivity contribution in [3.8, 4) is 0 Å². The molecule has 1 aromatic rings. The van der Waals surface area contributed by atoms with Crippen molar-refractivity contribution in [2.45, 2.75) is 164 Å². The molecular weight excluding hydrogens is 563 g/mol. The first-order chi connectivity index (χ1) is 21.7. The normalized spacial score (nSPS) is 38.5. The van der Waals surface area contributed by atoms with Gasteiger partial charge in [-0.15, -0.1) is 0 Å². The molecule has 9 rings (SSSR count). The molecular formula is C41H57BN2S. The SMILES string of the molecule is CC(C)(C)C1=CC2B3C4=C(CCCC4N4C2C(C1)C1(CCCCC1)C4(C)C)N(C1=CCCCC1)C1CC(c2ccccc2)SC31. The number of hydrogen-bond donors (Lipinski definition) is 0. The summed E-state index contributed by atoms with van der Waals surface area (Å²) in [7, 11) is 0. The second-order valence-electron chi connectivity index (χ2n) is 18.0. The molecule has 1 spiro atoms. The minimum Gasteiger partial charge on any atom is -0.346 e. The number of benzene rings is 1. The van der Waals surface area contributed by atoms with Crippen molar-refractivity contribution in [2.75, 3.05) is 0 Å². The van der Waals surface area contributed by atoms with E-state index in [4.69, 9.17) is 0 Å². The van der Waals surface area contributed by atoms with Gasteiger partial charge in [-0.2, -0.15) is 11.8 Å². The average molecular weight is 621 g/mol. The molecule has 7 atom stereocenters. The third-order valence-electron chi connectivity index (χ3n) is 14.8. The number of thioether (sulfide) groups is 1. The topological polar surface area (TPSA) is 6.48 Å². The Balaban J connectivity index is 1.26. The van der Waals surface area contributed by atoms with Crippen LogP contribution in [0.5, 0.6) is 0 Å². The molecule has 7 unspecified atom stereocenters. The number of rotatable bonds is 2. The van der Waals surface area contributed by atoms with Crippen LogP contribution in [0.2, 0.25) is 5.82 Å². The Bertz CT molecular complexity index is 1430. The second kappa shape index (κ2) is 10.6. The van der Waals surface area contributed by atoms with Crippen LogP contribution < -0.4 is 0 Å². The van der Waals surface area contributed by atoms with Gasteiger partial charge in [0.2, 0.25) is 0 Å². The molecule has 45 heavy (non-hydrogen) atoms. The molecule has 8 aliphatic rings. The summed E-state index contributed by atoms with van der Waals surface area (Å²) in [5.41, 5.74) is 9.78. The summed E-state index contributed by atoms with van der Waals surface area (Å²) in [5, 5.41) is 1.30. The van der Waals surface area contributed by atoms with Crippen LogP contribution in [0.25, 0.3) is 0 Å². The maximum atomic E-state index is 3.26. The highest BCUT2D eigenvalue weighted by atomic mass is 32.2. The zero-order chi connectivity index (χ0) is 30.7. The molecule has 240 valence electrons. The molecule has 4 heteroatoms. The molecule has 0 aromatic heterocycles. The lowest BCUT2D eigenvalue weighted by Gasteiger charge is -2.60. The van der Waals surface area contributed by atoms with Gasteiger partial charge in [0.1, 0.15) is 0 Å². The van der Waals surface area contributed by atoms with Crippen molar-refractivity contribution >= 4 is 18.5 Å². The summed E-state index contributed by atoms with van der Waals surface area (Å²) in [5.74, 6) is 1.48. The third kappa shape index (κ3) is 4.18. The first-order valence-corrected chi connectivity index (χ1v) is 20.1. The Labute approximate surface area is 279 Å². The van der Waals surface area contributed by atoms with E-state index >= 15 is 0 Å². The van der Waals surface area contributed by atoms with Crippen molar-refractivity contribution in [1.29, 1.82) is 0 Å². The summed E-state index contributed by atoms with van der Waals surface area (Å²) >= 11 is 2.40. The summed E-state index contributed by atoms with van der Waals surface area (Å²) in [6.07, 6.45) is 24.9. The zero-order valence-electron chi connectivity index (χ0n) is 28.9. The first-order valence-electron chi connectivity index (χ1n) is 19.1. The third-order valence-corrected chi connectivity index (χ3v) is 16.5. The van der Waals surface area contributed by atoms with Crippen LogP contribution in [0.4, 0.5) is 0 Å². The van der Waals surface area contributed by atoms with E-state index in [1.54, 1.807) is 16.8 Å². The van der Waals surface area contributed by atoms with Crippen molar-refractivity contribution in [2.24, 2.45) is 16.7 Å². The van der Waals surface area contributed by atoms with Crippen LogP contribution in [0.3, 0.4) is 0 Å². The molecule has 1 aromatic carbocycles. The van der Waals surface area contributed by atoms with Gasteiger partial charge >= 0.3 is 0 Å². The minimum atomic E-state index is 0.251. The maximum absolute atomic E-state index is 3.26. The van der Waals surface area contributed by atoms with Crippen molar-refractivity contribution in [3.63, 3.8) is 0 Å². The van der Waals surface area contributed by atoms with Crippen LogP contribution in [0.1, 0.15) is 135 Å². The molecule has 3 saturated heterocycles. The van der Waals surface area contributed by atoms with Crippen LogP contribution in [-0.2, 0) is 0 Å². The highest BCUT2D eigenvalue weighted by Crippen LogP contribution is 2.70. The molecule has 0 bridgehead atoms. The predicted molar refractivity (Wildman–Crippen MR) is 192 cm³/mol. The molecule has 4 aliphatic carbocycles. The highest BCUT2D eigenvalue weighted by molar-refractivity contribution is 8.02. The monoisotopic (exact) mass is 620 g/mol. The van der Waals surface area contributed by atoms with Gasteiger partial charge in [0.05, 0.1) is 0 Å². The minimum absolute atomic E-state index is 0.251. The molecule has 2 nitrogen and oxygen atoms in total. The predicted octanol–water partition coefficient (Wildman–Crippen LogP) is 10.5. The molecule has 0 amide bonds. The lowest BCUT2D eigenvalue weighted by atomic mass is 9.26. The van der Waals surface area contributed by atoms with Crippen LogP contribution >= 0.6 is 11.8 Å². The van der Waals surface area contributed by atoms with E-state index < -0.39 is 0 Å². The summed E-state index contributed by atoms with van der Waals surface area (Å²) in [4.78, 5) is 6.31. The summed E-state index contributed by atoms with van der Waals surface area (Å²) in [6.45, 7) is 13.8. The van der Waals surface area contributed by atoms with E-state index in [0.29, 0.717) is 40.4 Å². The van der Waals surface area contributed by atoms with Gasteiger partial charge in [0, 0.05) is 45.5 Å². The van der Waals surface area contributed by atoms with Gasteiger partial charge in [0.25, 0.3) is 0 Å². The highest BCUT2D eigenvalue weighted by Gasteiger charge is 2.72. The van der Waals surface area contributed by atoms with E-state index in [2.05, 4.69) is 98.7 Å². The fourth-order valence-corrected chi connectivity index (χ4v) is 14.9. The summed E-state index contributed by atoms with van der Waals surface area (Å²) < 4.78 is 0. The van der Waals surface area contributed by atoms with E-state index in [9.17, 15) is 0 Å². The quantitative estimate of drug-likeness (QED) is 0.240. The average Bonchev–Trinajstić information content (AvgIpc) is 3.56. The second-order valence-corrected chi connectivity index (χ2v) is 19.3. The Kier molecular flexibility index (Phi) is 6.97. The van der Waals surface area contributed by atoms with Crippen molar-refractivity contribution < 1.29 is 0 Å². The molecule has 4 heterocycles. The van der Waals surface area contributed by atoms with Gasteiger partial charge in [-0.05, 0) is 113 Å². The smallest absolute Gasteiger partial charge is 0.200 e. The van der Waals surface area contributed by atoms with Gasteiger partial charge in [-0.3, -0.25) is 4.90 Å². The summed E-state index contributed by atoms with van der Waals surface area (Å²) in [6, 6.07) is 13.6. The number of hydrogen-bond acceptors (Lipinski definition) is 3. The van der Waals surface area contributed by atoms with Crippen LogP contribution in [-0.4, -0.2) is 45.3 Å². The van der Waals surface area contributed by atoms with Gasteiger partial charge in [-0.1, -0.05) is 93.6 Å². The zero-order valence-corrected chi connectivity index (χ0v) is 29.7. The molecule has 4 aliphatic heterocycles. The van der Waals surface area contributed by atoms with Crippen molar-refractivity contribution in [1.82, 2.24) is 9.80 Å². The lowest BCUT2D eigenvalue weighted by Crippen LogP contribution is -2.68. The fourth-order valence-electron chi connectivity index (χ4n) is 12.9. The Morgan fingerprint density at radius 3 is 2.47 bits per heavy atom. The van der Waals surface area contributed by atoms with E-state index in [1.807, 2.05) is 11.2 Å². The van der Waals surface area contributed by atoms with Crippen molar-refractivity contribution in [3.05, 3.63) is 70.5 Å². The fraction of sp³-hybridized carbons (Fsp3) is 0.707. The molecule has 0 radical (unpaired) electrons. The van der Waals surface area contributed by atoms with Gasteiger partial charge in [-0.25, -0.2) is 0 Å². The van der Waals surface area contributed by atoms with E-state index in [-0.39, 0.29) is 11.0 Å². The number of nitrogens with zero attached hydrogens (tertiary/aromatic N) is 2. The lowest BCUT2D eigenvalue weighted by molar-refractivity contribution is -0.00405. The molecule has 4 fully saturated rings. The standard InChI is InChI=1S/C41H57BN2S/c1-39(2,3)28-24-30-37-31(25-28)42-36-32(20-15-21-33(36)44(37)40(4,5)41(30)22-13-8-14-23-41)43(29-18-11-7-12-19-29)34-26-35(45-38(34)42)27-16-9-6-10-17-27/h6,9-10,16-18,25,30-31,33-35,37-38H,7-8,11-15,19-24,26H2,1-5H3. The number of fused-ring (bicyclic) bond motifs is 5. The first kappa shape index (κ1) is 29.7. The van der Waals surface area contributed by atoms with Crippen LogP contribution in [0, 0.1) is 16.7 Å². The maximum Gasteiger partial charge on any atom is 0.200 e. The van der Waals surface area contributed by atoms with Gasteiger partial charge < -0.3 is 4.90 Å². The Hall–Kier alpha value is -1.39. The van der Waals surface area contributed by atoms with E-state index in [1.165, 1.54) is 89.9 Å². The molecule has 0 N–H and O–H groups in total. The Morgan fingerprint density at radius 1 is 0.933 bits per heavy atom. The van der Waals surface area contributed by atoms with E-state index in [0.717, 1.165) is 12.0 Å². The number of allylic oxidation sites excluding steroid dienone is 4.